The van der Waals surface area contributed by atoms with Crippen LogP contribution in [0.5, 0.6) is 0 Å². The summed E-state index contributed by atoms with van der Waals surface area (Å²) in [6.07, 6.45) is -7.95. The maximum atomic E-state index is 13.2. The fraction of sp³-hybridized carbons (Fsp3) is 0.769. The molecule has 0 N–H and O–H groups in total. The van der Waals surface area contributed by atoms with Crippen LogP contribution in [0.4, 0.5) is 26.3 Å². The third-order valence-corrected chi connectivity index (χ3v) is 3.84. The summed E-state index contributed by atoms with van der Waals surface area (Å²) in [5.74, 6) is -3.12. The van der Waals surface area contributed by atoms with Crippen molar-refractivity contribution in [2.45, 2.75) is 57.0 Å². The Morgan fingerprint density at radius 1 is 1.05 bits per heavy atom. The molecule has 1 rings (SSSR count). The molecule has 0 aliphatic heterocycles. The summed E-state index contributed by atoms with van der Waals surface area (Å²) in [6.45, 7) is 3.10. The minimum atomic E-state index is -5.11. The molecule has 0 bridgehead atoms. The molecule has 1 saturated carbocycles. The molecule has 0 heterocycles. The average molecular weight is 318 g/mol. The summed E-state index contributed by atoms with van der Waals surface area (Å²) in [6, 6.07) is 0. The summed E-state index contributed by atoms with van der Waals surface area (Å²) in [5, 5.41) is 0. The van der Waals surface area contributed by atoms with Gasteiger partial charge in [0.05, 0.1) is 0 Å². The molecule has 122 valence electrons. The normalized spacial score (nSPS) is 20.7. The zero-order valence-corrected chi connectivity index (χ0v) is 11.4. The Labute approximate surface area is 118 Å². The van der Waals surface area contributed by atoms with Crippen LogP contribution in [0.3, 0.4) is 0 Å². The van der Waals surface area contributed by atoms with Crippen LogP contribution in [0.1, 0.15) is 39.0 Å². The van der Waals surface area contributed by atoms with E-state index in [4.69, 9.17) is 0 Å². The van der Waals surface area contributed by atoms with Gasteiger partial charge >= 0.3 is 18.3 Å². The van der Waals surface area contributed by atoms with Gasteiger partial charge in [0.2, 0.25) is 5.60 Å². The number of carbonyl (C=O) groups is 1. The van der Waals surface area contributed by atoms with E-state index in [1.165, 1.54) is 0 Å². The predicted octanol–water partition coefficient (Wildman–Crippen LogP) is 4.55. The number of ether oxygens (including phenoxy) is 1. The second-order valence-corrected chi connectivity index (χ2v) is 5.31. The van der Waals surface area contributed by atoms with Gasteiger partial charge in [0, 0.05) is 5.92 Å². The first kappa shape index (κ1) is 17.8. The van der Waals surface area contributed by atoms with Crippen molar-refractivity contribution in [3.63, 3.8) is 0 Å². The molecule has 0 saturated heterocycles. The van der Waals surface area contributed by atoms with E-state index in [-0.39, 0.29) is 12.8 Å². The molecule has 0 aromatic carbocycles. The van der Waals surface area contributed by atoms with Crippen LogP contribution in [0.25, 0.3) is 0 Å². The molecule has 21 heavy (non-hydrogen) atoms. The third-order valence-electron chi connectivity index (χ3n) is 3.84. The Morgan fingerprint density at radius 3 is 1.90 bits per heavy atom. The number of hydrogen-bond donors (Lipinski definition) is 0. The van der Waals surface area contributed by atoms with E-state index >= 15 is 0 Å². The fourth-order valence-electron chi connectivity index (χ4n) is 2.40. The van der Waals surface area contributed by atoms with Gasteiger partial charge in [-0.3, -0.25) is 0 Å². The highest BCUT2D eigenvalue weighted by Gasteiger charge is 2.59. The Bertz CT molecular complexity index is 406. The van der Waals surface area contributed by atoms with E-state index in [1.54, 1.807) is 0 Å². The average Bonchev–Trinajstić information content (AvgIpc) is 2.36. The van der Waals surface area contributed by atoms with Gasteiger partial charge in [-0.15, -0.1) is 0 Å². The van der Waals surface area contributed by atoms with Crippen LogP contribution in [0, 0.1) is 5.92 Å². The lowest BCUT2D eigenvalue weighted by molar-refractivity contribution is -0.283. The Hall–Kier alpha value is -1.21. The smallest absolute Gasteiger partial charge is 0.428 e. The summed E-state index contributed by atoms with van der Waals surface area (Å²) >= 11 is 0. The molecule has 0 amide bonds. The lowest BCUT2D eigenvalue weighted by Crippen LogP contribution is -2.53. The molecule has 1 aliphatic rings. The van der Waals surface area contributed by atoms with Crippen LogP contribution >= 0.6 is 0 Å². The van der Waals surface area contributed by atoms with Crippen molar-refractivity contribution in [1.82, 2.24) is 0 Å². The topological polar surface area (TPSA) is 26.3 Å². The van der Waals surface area contributed by atoms with Crippen LogP contribution < -0.4 is 0 Å². The minimum absolute atomic E-state index is 0.155. The monoisotopic (exact) mass is 318 g/mol. The summed E-state index contributed by atoms with van der Waals surface area (Å²) in [7, 11) is 0. The van der Waals surface area contributed by atoms with Gasteiger partial charge in [-0.25, -0.2) is 4.79 Å². The fourth-order valence-corrected chi connectivity index (χ4v) is 2.40. The zero-order chi connectivity index (χ0) is 16.5. The number of esters is 1. The Balaban J connectivity index is 2.99. The number of halogens is 6. The summed E-state index contributed by atoms with van der Waals surface area (Å²) in [4.78, 5) is 11.4. The molecule has 8 heteroatoms. The maximum absolute atomic E-state index is 13.2. The first-order valence-corrected chi connectivity index (χ1v) is 6.45. The van der Waals surface area contributed by atoms with Crippen LogP contribution in [-0.2, 0) is 9.53 Å². The number of hydrogen-bond acceptors (Lipinski definition) is 2. The van der Waals surface area contributed by atoms with Crippen molar-refractivity contribution in [3.8, 4) is 0 Å². The highest BCUT2D eigenvalue weighted by molar-refractivity contribution is 5.89. The van der Waals surface area contributed by atoms with E-state index in [0.29, 0.717) is 19.8 Å². The van der Waals surface area contributed by atoms with Crippen molar-refractivity contribution >= 4 is 5.97 Å². The second-order valence-electron chi connectivity index (χ2n) is 5.31. The number of carbonyl (C=O) groups excluding carboxylic acids is 1. The van der Waals surface area contributed by atoms with E-state index in [2.05, 4.69) is 11.3 Å². The first-order valence-electron chi connectivity index (χ1n) is 6.45. The van der Waals surface area contributed by atoms with Crippen molar-refractivity contribution in [2.24, 2.45) is 5.92 Å². The Morgan fingerprint density at radius 2 is 1.52 bits per heavy atom. The van der Waals surface area contributed by atoms with Crippen molar-refractivity contribution < 1.29 is 35.9 Å². The molecule has 0 aromatic heterocycles. The molecule has 1 unspecified atom stereocenters. The minimum Gasteiger partial charge on any atom is -0.446 e. The maximum Gasteiger partial charge on any atom is 0.428 e. The second kappa shape index (κ2) is 5.88. The third kappa shape index (κ3) is 3.91. The number of alkyl halides is 6. The van der Waals surface area contributed by atoms with Crippen LogP contribution in [-0.4, -0.2) is 23.9 Å². The number of rotatable bonds is 3. The largest absolute Gasteiger partial charge is 0.446 e. The molecule has 0 spiro atoms. The van der Waals surface area contributed by atoms with E-state index < -0.39 is 35.4 Å². The standard InChI is InChI=1S/C13H16F6O2/c1-8(12(14,15)16)10(20)21-11(2,13(17,18)19)9-6-4-3-5-7-9/h9H,1,3-7H2,2H3. The van der Waals surface area contributed by atoms with Crippen LogP contribution in [0.2, 0.25) is 0 Å². The first-order chi connectivity index (χ1) is 9.39. The zero-order valence-electron chi connectivity index (χ0n) is 11.4. The molecule has 1 aliphatic carbocycles. The lowest BCUT2D eigenvalue weighted by atomic mass is 9.77. The van der Waals surface area contributed by atoms with Gasteiger partial charge in [0.1, 0.15) is 5.57 Å². The van der Waals surface area contributed by atoms with Crippen LogP contribution in [0.15, 0.2) is 12.2 Å². The highest BCUT2D eigenvalue weighted by atomic mass is 19.4. The predicted molar refractivity (Wildman–Crippen MR) is 62.3 cm³/mol. The quantitative estimate of drug-likeness (QED) is 0.433. The molecular formula is C13H16F6O2. The van der Waals surface area contributed by atoms with Gasteiger partial charge in [0.25, 0.3) is 0 Å². The molecule has 2 nitrogen and oxygen atoms in total. The molecular weight excluding hydrogens is 302 g/mol. The van der Waals surface area contributed by atoms with E-state index in [0.717, 1.165) is 6.42 Å². The van der Waals surface area contributed by atoms with Gasteiger partial charge in [0.15, 0.2) is 0 Å². The summed E-state index contributed by atoms with van der Waals surface area (Å²) in [5.41, 5.74) is -4.87. The van der Waals surface area contributed by atoms with E-state index in [1.807, 2.05) is 0 Å². The van der Waals surface area contributed by atoms with Crippen molar-refractivity contribution in [1.29, 1.82) is 0 Å². The molecule has 0 radical (unpaired) electrons. The summed E-state index contributed by atoms with van der Waals surface area (Å²) < 4.78 is 80.9. The van der Waals surface area contributed by atoms with Gasteiger partial charge in [-0.2, -0.15) is 26.3 Å². The van der Waals surface area contributed by atoms with Gasteiger partial charge in [-0.05, 0) is 19.8 Å². The molecule has 1 atom stereocenters. The highest BCUT2D eigenvalue weighted by Crippen LogP contribution is 2.46. The van der Waals surface area contributed by atoms with E-state index in [9.17, 15) is 31.1 Å². The lowest BCUT2D eigenvalue weighted by Gasteiger charge is -2.40. The van der Waals surface area contributed by atoms with Gasteiger partial charge < -0.3 is 4.74 Å². The van der Waals surface area contributed by atoms with Crippen molar-refractivity contribution in [2.75, 3.05) is 0 Å². The molecule has 0 aromatic rings. The molecule has 1 fully saturated rings. The van der Waals surface area contributed by atoms with Crippen molar-refractivity contribution in [3.05, 3.63) is 12.2 Å². The Kier molecular flexibility index (Phi) is 5.00. The SMILES string of the molecule is C=C(C(=O)OC(C)(C1CCCCC1)C(F)(F)F)C(F)(F)F. The van der Waals surface area contributed by atoms with Gasteiger partial charge in [-0.1, -0.05) is 25.8 Å².